The fraction of sp³-hybridized carbons (Fsp3) is 0.444. The van der Waals surface area contributed by atoms with E-state index in [4.69, 9.17) is 9.26 Å². The maximum atomic E-state index is 12.7. The van der Waals surface area contributed by atoms with Crippen molar-refractivity contribution in [1.29, 1.82) is 0 Å². The molecule has 1 saturated heterocycles. The van der Waals surface area contributed by atoms with E-state index in [2.05, 4.69) is 10.1 Å². The van der Waals surface area contributed by atoms with E-state index in [1.165, 1.54) is 0 Å². The summed E-state index contributed by atoms with van der Waals surface area (Å²) in [6.45, 7) is 6.57. The van der Waals surface area contributed by atoms with Gasteiger partial charge in [0.1, 0.15) is 11.5 Å². The molecule has 0 bridgehead atoms. The molecule has 0 aliphatic carbocycles. The smallest absolute Gasteiger partial charge is 0.253 e. The monoisotopic (exact) mass is 327 g/mol. The second-order valence-corrected chi connectivity index (χ2v) is 6.42. The predicted molar refractivity (Wildman–Crippen MR) is 88.1 cm³/mol. The molecule has 2 aromatic rings. The van der Waals surface area contributed by atoms with Gasteiger partial charge in [-0.2, -0.15) is 0 Å². The Bertz CT molecular complexity index is 748. The van der Waals surface area contributed by atoms with Crippen molar-refractivity contribution in [2.45, 2.75) is 19.9 Å². The van der Waals surface area contributed by atoms with Crippen LogP contribution in [-0.2, 0) is 13.0 Å². The Hall–Kier alpha value is -2.34. The largest absolute Gasteiger partial charge is 0.493 e. The van der Waals surface area contributed by atoms with E-state index in [0.717, 1.165) is 67.5 Å². The first kappa shape index (κ1) is 15.2. The zero-order valence-corrected chi connectivity index (χ0v) is 13.8. The lowest BCUT2D eigenvalue weighted by molar-refractivity contribution is 0.0625. The fourth-order valence-corrected chi connectivity index (χ4v) is 3.33. The Morgan fingerprint density at radius 1 is 1.21 bits per heavy atom. The van der Waals surface area contributed by atoms with Gasteiger partial charge in [-0.25, -0.2) is 0 Å². The SMILES string of the molecule is Cc1cc(CN2CCN(C(=O)c3ccc4c(c3)CCO4)CC2)no1. The van der Waals surface area contributed by atoms with E-state index < -0.39 is 0 Å². The number of fused-ring (bicyclic) bond motifs is 1. The summed E-state index contributed by atoms with van der Waals surface area (Å²) in [6.07, 6.45) is 0.890. The molecule has 6 nitrogen and oxygen atoms in total. The number of hydrogen-bond donors (Lipinski definition) is 0. The highest BCUT2D eigenvalue weighted by atomic mass is 16.5. The number of ether oxygens (including phenoxy) is 1. The Labute approximate surface area is 141 Å². The van der Waals surface area contributed by atoms with Gasteiger partial charge < -0.3 is 14.2 Å². The lowest BCUT2D eigenvalue weighted by Gasteiger charge is -2.34. The van der Waals surface area contributed by atoms with E-state index in [1.807, 2.05) is 36.1 Å². The Morgan fingerprint density at radius 3 is 2.79 bits per heavy atom. The van der Waals surface area contributed by atoms with Gasteiger partial charge in [-0.05, 0) is 30.7 Å². The number of benzene rings is 1. The summed E-state index contributed by atoms with van der Waals surface area (Å²) in [5.41, 5.74) is 2.85. The molecular formula is C18H21N3O3. The zero-order chi connectivity index (χ0) is 16.5. The number of aryl methyl sites for hydroxylation is 1. The van der Waals surface area contributed by atoms with Crippen molar-refractivity contribution in [2.75, 3.05) is 32.8 Å². The Kier molecular flexibility index (Phi) is 3.98. The number of carbonyl (C=O) groups is 1. The average Bonchev–Trinajstić information content (AvgIpc) is 3.23. The van der Waals surface area contributed by atoms with Gasteiger partial charge in [-0.15, -0.1) is 0 Å². The van der Waals surface area contributed by atoms with Crippen LogP contribution in [0.25, 0.3) is 0 Å². The molecule has 0 radical (unpaired) electrons. The van der Waals surface area contributed by atoms with Gasteiger partial charge in [-0.3, -0.25) is 9.69 Å². The van der Waals surface area contributed by atoms with Crippen LogP contribution in [0.5, 0.6) is 5.75 Å². The van der Waals surface area contributed by atoms with E-state index in [-0.39, 0.29) is 5.91 Å². The van der Waals surface area contributed by atoms with Gasteiger partial charge in [-0.1, -0.05) is 5.16 Å². The first-order valence-corrected chi connectivity index (χ1v) is 8.38. The summed E-state index contributed by atoms with van der Waals surface area (Å²) in [5, 5.41) is 4.04. The van der Waals surface area contributed by atoms with Gasteiger partial charge in [0.05, 0.1) is 12.3 Å². The van der Waals surface area contributed by atoms with Crippen LogP contribution in [0.4, 0.5) is 0 Å². The first-order valence-electron chi connectivity index (χ1n) is 8.38. The van der Waals surface area contributed by atoms with Crippen LogP contribution in [0.2, 0.25) is 0 Å². The third kappa shape index (κ3) is 3.01. The molecule has 0 spiro atoms. The molecular weight excluding hydrogens is 306 g/mol. The fourth-order valence-electron chi connectivity index (χ4n) is 3.33. The number of hydrogen-bond acceptors (Lipinski definition) is 5. The average molecular weight is 327 g/mol. The molecule has 0 atom stereocenters. The molecule has 126 valence electrons. The lowest BCUT2D eigenvalue weighted by atomic mass is 10.1. The number of piperazine rings is 1. The minimum absolute atomic E-state index is 0.113. The molecule has 2 aliphatic rings. The van der Waals surface area contributed by atoms with Crippen molar-refractivity contribution in [3.8, 4) is 5.75 Å². The second-order valence-electron chi connectivity index (χ2n) is 6.42. The molecule has 4 rings (SSSR count). The van der Waals surface area contributed by atoms with Crippen molar-refractivity contribution in [2.24, 2.45) is 0 Å². The standard InChI is InChI=1S/C18H21N3O3/c1-13-10-16(19-24-13)12-20-5-7-21(8-6-20)18(22)15-2-3-17-14(11-15)4-9-23-17/h2-3,10-11H,4-9,12H2,1H3. The molecule has 1 fully saturated rings. The molecule has 0 N–H and O–H groups in total. The second kappa shape index (κ2) is 6.28. The topological polar surface area (TPSA) is 58.8 Å². The minimum atomic E-state index is 0.113. The molecule has 2 aliphatic heterocycles. The predicted octanol–water partition coefficient (Wildman–Crippen LogP) is 1.88. The molecule has 1 aromatic carbocycles. The maximum Gasteiger partial charge on any atom is 0.253 e. The molecule has 0 unspecified atom stereocenters. The number of nitrogens with zero attached hydrogens (tertiary/aromatic N) is 3. The normalized spacial score (nSPS) is 17.6. The molecule has 6 heteroatoms. The number of aromatic nitrogens is 1. The van der Waals surface area contributed by atoms with Crippen molar-refractivity contribution in [3.63, 3.8) is 0 Å². The lowest BCUT2D eigenvalue weighted by Crippen LogP contribution is -2.48. The van der Waals surface area contributed by atoms with Crippen LogP contribution in [0.15, 0.2) is 28.8 Å². The van der Waals surface area contributed by atoms with E-state index in [0.29, 0.717) is 6.61 Å². The van der Waals surface area contributed by atoms with Crippen LogP contribution in [0.1, 0.15) is 27.4 Å². The summed E-state index contributed by atoms with van der Waals surface area (Å²) < 4.78 is 10.6. The number of amides is 1. The number of carbonyl (C=O) groups excluding carboxylic acids is 1. The van der Waals surface area contributed by atoms with E-state index in [1.54, 1.807) is 0 Å². The maximum absolute atomic E-state index is 12.7. The third-order valence-corrected chi connectivity index (χ3v) is 4.66. The number of rotatable bonds is 3. The molecule has 3 heterocycles. The quantitative estimate of drug-likeness (QED) is 0.861. The highest BCUT2D eigenvalue weighted by molar-refractivity contribution is 5.94. The van der Waals surface area contributed by atoms with Gasteiger partial charge >= 0.3 is 0 Å². The highest BCUT2D eigenvalue weighted by Gasteiger charge is 2.24. The van der Waals surface area contributed by atoms with Gasteiger partial charge in [0, 0.05) is 50.8 Å². The zero-order valence-electron chi connectivity index (χ0n) is 13.8. The molecule has 0 saturated carbocycles. The summed E-state index contributed by atoms with van der Waals surface area (Å²) in [7, 11) is 0. The molecule has 1 aromatic heterocycles. The van der Waals surface area contributed by atoms with Gasteiger partial charge in [0.2, 0.25) is 0 Å². The van der Waals surface area contributed by atoms with Crippen LogP contribution >= 0.6 is 0 Å². The van der Waals surface area contributed by atoms with E-state index >= 15 is 0 Å². The Morgan fingerprint density at radius 2 is 2.04 bits per heavy atom. The van der Waals surface area contributed by atoms with Crippen LogP contribution in [-0.4, -0.2) is 53.6 Å². The van der Waals surface area contributed by atoms with Crippen LogP contribution in [0, 0.1) is 6.92 Å². The summed E-state index contributed by atoms with van der Waals surface area (Å²) in [5.74, 6) is 1.86. The first-order chi connectivity index (χ1) is 11.7. The minimum Gasteiger partial charge on any atom is -0.493 e. The summed E-state index contributed by atoms with van der Waals surface area (Å²) in [6, 6.07) is 7.73. The van der Waals surface area contributed by atoms with Gasteiger partial charge in [0.25, 0.3) is 5.91 Å². The van der Waals surface area contributed by atoms with Gasteiger partial charge in [0.15, 0.2) is 0 Å². The van der Waals surface area contributed by atoms with Crippen LogP contribution in [0.3, 0.4) is 0 Å². The van der Waals surface area contributed by atoms with Crippen molar-refractivity contribution in [3.05, 3.63) is 46.8 Å². The summed E-state index contributed by atoms with van der Waals surface area (Å²) >= 11 is 0. The Balaban J connectivity index is 1.36. The van der Waals surface area contributed by atoms with Crippen molar-refractivity contribution >= 4 is 5.91 Å². The van der Waals surface area contributed by atoms with Crippen molar-refractivity contribution in [1.82, 2.24) is 15.0 Å². The third-order valence-electron chi connectivity index (χ3n) is 4.66. The molecule has 24 heavy (non-hydrogen) atoms. The molecule has 1 amide bonds. The summed E-state index contributed by atoms with van der Waals surface area (Å²) in [4.78, 5) is 16.9. The van der Waals surface area contributed by atoms with E-state index in [9.17, 15) is 4.79 Å². The van der Waals surface area contributed by atoms with Crippen molar-refractivity contribution < 1.29 is 14.1 Å². The van der Waals surface area contributed by atoms with Crippen LogP contribution < -0.4 is 4.74 Å². The highest BCUT2D eigenvalue weighted by Crippen LogP contribution is 2.26.